The summed E-state index contributed by atoms with van der Waals surface area (Å²) in [5.74, 6) is 0.138. The Balaban J connectivity index is 1.76. The predicted molar refractivity (Wildman–Crippen MR) is 76.2 cm³/mol. The van der Waals surface area contributed by atoms with E-state index in [2.05, 4.69) is 28.6 Å². The molecule has 1 aromatic carbocycles. The molecule has 102 valence electrons. The molecule has 2 N–H and O–H groups in total. The third-order valence-electron chi connectivity index (χ3n) is 4.37. The van der Waals surface area contributed by atoms with Crippen molar-refractivity contribution < 1.29 is 4.79 Å². The van der Waals surface area contributed by atoms with Gasteiger partial charge in [-0.15, -0.1) is 0 Å². The van der Waals surface area contributed by atoms with Crippen molar-refractivity contribution in [2.45, 2.75) is 31.3 Å². The number of rotatable bonds is 2. The number of amides is 1. The summed E-state index contributed by atoms with van der Waals surface area (Å²) >= 11 is 0. The van der Waals surface area contributed by atoms with Crippen LogP contribution in [0, 0.1) is 0 Å². The molecule has 2 aliphatic rings. The Hall–Kier alpha value is -1.39. The molecule has 0 bridgehead atoms. The molecule has 1 aromatic rings. The van der Waals surface area contributed by atoms with Crippen molar-refractivity contribution >= 4 is 11.6 Å². The molecular formula is C15H21N3O. The smallest absolute Gasteiger partial charge is 0.241 e. The highest BCUT2D eigenvalue weighted by atomic mass is 16.2. The topological polar surface area (TPSA) is 44.4 Å². The molecule has 4 heteroatoms. The van der Waals surface area contributed by atoms with E-state index in [0.29, 0.717) is 6.04 Å². The lowest BCUT2D eigenvalue weighted by atomic mass is 10.0. The lowest BCUT2D eigenvalue weighted by Crippen LogP contribution is -2.47. The number of anilines is 1. The third kappa shape index (κ3) is 2.51. The van der Waals surface area contributed by atoms with Crippen LogP contribution in [0.4, 0.5) is 5.69 Å². The van der Waals surface area contributed by atoms with E-state index in [1.807, 2.05) is 18.2 Å². The van der Waals surface area contributed by atoms with Gasteiger partial charge in [0.15, 0.2) is 0 Å². The number of para-hydroxylation sites is 1. The highest BCUT2D eigenvalue weighted by Crippen LogP contribution is 2.24. The highest BCUT2D eigenvalue weighted by molar-refractivity contribution is 5.96. The molecule has 4 nitrogen and oxygen atoms in total. The summed E-state index contributed by atoms with van der Waals surface area (Å²) in [6.07, 6.45) is 2.99. The standard InChI is InChI=1S/C15H21N3O/c1-18(12-8-9-16-10-12)14-7-6-11-4-2-3-5-13(11)17-15(14)19/h2-5,12,14,16H,6-10H2,1H3,(H,17,19). The van der Waals surface area contributed by atoms with Crippen molar-refractivity contribution in [2.75, 3.05) is 25.5 Å². The quantitative estimate of drug-likeness (QED) is 0.840. The zero-order chi connectivity index (χ0) is 13.2. The normalized spacial score (nSPS) is 26.9. The second-order valence-electron chi connectivity index (χ2n) is 5.51. The average molecular weight is 259 g/mol. The van der Waals surface area contributed by atoms with Crippen molar-refractivity contribution in [1.82, 2.24) is 10.2 Å². The minimum Gasteiger partial charge on any atom is -0.324 e. The zero-order valence-electron chi connectivity index (χ0n) is 11.4. The lowest BCUT2D eigenvalue weighted by Gasteiger charge is -2.30. The van der Waals surface area contributed by atoms with Gasteiger partial charge in [0, 0.05) is 18.3 Å². The van der Waals surface area contributed by atoms with Crippen molar-refractivity contribution in [3.8, 4) is 0 Å². The van der Waals surface area contributed by atoms with Crippen LogP contribution in [-0.4, -0.2) is 43.0 Å². The van der Waals surface area contributed by atoms with Crippen molar-refractivity contribution in [3.05, 3.63) is 29.8 Å². The van der Waals surface area contributed by atoms with Crippen molar-refractivity contribution in [3.63, 3.8) is 0 Å². The predicted octanol–water partition coefficient (Wildman–Crippen LogP) is 1.23. The summed E-state index contributed by atoms with van der Waals surface area (Å²) in [5, 5.41) is 6.44. The highest BCUT2D eigenvalue weighted by Gasteiger charge is 2.31. The van der Waals surface area contributed by atoms with Crippen molar-refractivity contribution in [1.29, 1.82) is 0 Å². The molecule has 2 unspecified atom stereocenters. The number of nitrogens with zero attached hydrogens (tertiary/aromatic N) is 1. The first-order chi connectivity index (χ1) is 9.25. The second-order valence-corrected chi connectivity index (χ2v) is 5.51. The first-order valence-electron chi connectivity index (χ1n) is 7.07. The van der Waals surface area contributed by atoms with Crippen LogP contribution in [0.25, 0.3) is 0 Å². The summed E-state index contributed by atoms with van der Waals surface area (Å²) in [7, 11) is 2.08. The van der Waals surface area contributed by atoms with Gasteiger partial charge in [-0.3, -0.25) is 9.69 Å². The molecule has 0 saturated carbocycles. The average Bonchev–Trinajstić information content (AvgIpc) is 2.89. The van der Waals surface area contributed by atoms with Gasteiger partial charge in [0.1, 0.15) is 0 Å². The monoisotopic (exact) mass is 259 g/mol. The van der Waals surface area contributed by atoms with Crippen LogP contribution in [0.5, 0.6) is 0 Å². The van der Waals surface area contributed by atoms with Gasteiger partial charge in [0.2, 0.25) is 5.91 Å². The Bertz CT molecular complexity index is 468. The third-order valence-corrected chi connectivity index (χ3v) is 4.37. The molecule has 0 radical (unpaired) electrons. The van der Waals surface area contributed by atoms with Gasteiger partial charge in [0.05, 0.1) is 6.04 Å². The number of benzene rings is 1. The number of fused-ring (bicyclic) bond motifs is 1. The van der Waals surface area contributed by atoms with Gasteiger partial charge < -0.3 is 10.6 Å². The number of aryl methyl sites for hydroxylation is 1. The second kappa shape index (κ2) is 5.31. The fourth-order valence-corrected chi connectivity index (χ4v) is 3.13. The SMILES string of the molecule is CN(C1CCNC1)C1CCc2ccccc2NC1=O. The Labute approximate surface area is 114 Å². The van der Waals surface area contributed by atoms with Crippen LogP contribution in [0.1, 0.15) is 18.4 Å². The van der Waals surface area contributed by atoms with Crippen LogP contribution < -0.4 is 10.6 Å². The van der Waals surface area contributed by atoms with Crippen LogP contribution in [0.3, 0.4) is 0 Å². The first-order valence-corrected chi connectivity index (χ1v) is 7.07. The summed E-state index contributed by atoms with van der Waals surface area (Å²) < 4.78 is 0. The Morgan fingerprint density at radius 1 is 1.26 bits per heavy atom. The van der Waals surface area contributed by atoms with E-state index in [9.17, 15) is 4.79 Å². The van der Waals surface area contributed by atoms with Gasteiger partial charge >= 0.3 is 0 Å². The van der Waals surface area contributed by atoms with Crippen molar-refractivity contribution in [2.24, 2.45) is 0 Å². The van der Waals surface area contributed by atoms with Gasteiger partial charge in [-0.05, 0) is 44.5 Å². The van der Waals surface area contributed by atoms with E-state index in [1.165, 1.54) is 5.56 Å². The zero-order valence-corrected chi connectivity index (χ0v) is 11.4. The number of hydrogen-bond acceptors (Lipinski definition) is 3. The summed E-state index contributed by atoms with van der Waals surface area (Å²) in [6, 6.07) is 8.58. The number of carbonyl (C=O) groups is 1. The molecule has 1 saturated heterocycles. The summed E-state index contributed by atoms with van der Waals surface area (Å²) in [6.45, 7) is 2.05. The van der Waals surface area contributed by atoms with E-state index in [0.717, 1.165) is 38.0 Å². The Morgan fingerprint density at radius 3 is 2.89 bits per heavy atom. The molecule has 0 aromatic heterocycles. The van der Waals surface area contributed by atoms with Crippen LogP contribution >= 0.6 is 0 Å². The van der Waals surface area contributed by atoms with E-state index in [1.54, 1.807) is 0 Å². The number of hydrogen-bond donors (Lipinski definition) is 2. The molecule has 3 rings (SSSR count). The van der Waals surface area contributed by atoms with E-state index < -0.39 is 0 Å². The van der Waals surface area contributed by atoms with Gasteiger partial charge in [-0.1, -0.05) is 18.2 Å². The van der Waals surface area contributed by atoms with Gasteiger partial charge in [-0.2, -0.15) is 0 Å². The van der Waals surface area contributed by atoms with Crippen LogP contribution in [0.15, 0.2) is 24.3 Å². The maximum Gasteiger partial charge on any atom is 0.241 e. The Kier molecular flexibility index (Phi) is 3.53. The fourth-order valence-electron chi connectivity index (χ4n) is 3.13. The summed E-state index contributed by atoms with van der Waals surface area (Å²) in [5.41, 5.74) is 2.23. The molecule has 2 heterocycles. The van der Waals surface area contributed by atoms with Crippen LogP contribution in [0.2, 0.25) is 0 Å². The molecule has 0 aliphatic carbocycles. The van der Waals surface area contributed by atoms with Gasteiger partial charge in [0.25, 0.3) is 0 Å². The minimum absolute atomic E-state index is 0.0164. The molecule has 1 fully saturated rings. The molecule has 1 amide bonds. The molecule has 2 atom stereocenters. The van der Waals surface area contributed by atoms with E-state index >= 15 is 0 Å². The molecule has 0 spiro atoms. The number of carbonyl (C=O) groups excluding carboxylic acids is 1. The fraction of sp³-hybridized carbons (Fsp3) is 0.533. The number of nitrogens with one attached hydrogen (secondary N) is 2. The number of likely N-dealkylation sites (N-methyl/N-ethyl adjacent to an activating group) is 1. The summed E-state index contributed by atoms with van der Waals surface area (Å²) in [4.78, 5) is 14.7. The van der Waals surface area contributed by atoms with E-state index in [-0.39, 0.29) is 11.9 Å². The minimum atomic E-state index is -0.0164. The maximum absolute atomic E-state index is 12.4. The van der Waals surface area contributed by atoms with E-state index in [4.69, 9.17) is 0 Å². The van der Waals surface area contributed by atoms with Gasteiger partial charge in [-0.25, -0.2) is 0 Å². The molecular weight excluding hydrogens is 238 g/mol. The largest absolute Gasteiger partial charge is 0.324 e. The Morgan fingerprint density at radius 2 is 2.11 bits per heavy atom. The van der Waals surface area contributed by atoms with Crippen LogP contribution in [-0.2, 0) is 11.2 Å². The first kappa shape index (κ1) is 12.6. The maximum atomic E-state index is 12.4. The molecule has 19 heavy (non-hydrogen) atoms. The lowest BCUT2D eigenvalue weighted by molar-refractivity contribution is -0.121. The molecule has 2 aliphatic heterocycles.